The zero-order valence-electron chi connectivity index (χ0n) is 11.5. The van der Waals surface area contributed by atoms with E-state index in [4.69, 9.17) is 14.3 Å². The summed E-state index contributed by atoms with van der Waals surface area (Å²) in [6.07, 6.45) is 0.385. The van der Waals surface area contributed by atoms with Gasteiger partial charge in [0.25, 0.3) is 0 Å². The van der Waals surface area contributed by atoms with Gasteiger partial charge in [-0.15, -0.1) is 0 Å². The molecule has 1 aromatic heterocycles. The maximum Gasteiger partial charge on any atom is 0.408 e. The van der Waals surface area contributed by atoms with E-state index in [1.165, 1.54) is 6.26 Å². The van der Waals surface area contributed by atoms with Crippen LogP contribution in [0.2, 0.25) is 0 Å². The number of carboxylic acid groups (broad SMARTS) is 1. The molecule has 1 heterocycles. The van der Waals surface area contributed by atoms with Crippen LogP contribution in [0.4, 0.5) is 4.79 Å². The molecular formula is C15H14BrNO5. The fourth-order valence-corrected chi connectivity index (χ4v) is 2.32. The Kier molecular flexibility index (Phi) is 5.60. The molecule has 7 heteroatoms. The third-order valence-corrected chi connectivity index (χ3v) is 3.50. The molecule has 116 valence electrons. The first kappa shape index (κ1) is 16.1. The number of aliphatic carboxylic acids is 1. The van der Waals surface area contributed by atoms with Gasteiger partial charge < -0.3 is 19.6 Å². The van der Waals surface area contributed by atoms with Gasteiger partial charge in [-0.3, -0.25) is 4.79 Å². The number of ether oxygens (including phenoxy) is 1. The van der Waals surface area contributed by atoms with Crippen LogP contribution in [0, 0.1) is 0 Å². The number of hydrogen-bond acceptors (Lipinski definition) is 4. The third kappa shape index (κ3) is 4.63. The van der Waals surface area contributed by atoms with Gasteiger partial charge >= 0.3 is 12.1 Å². The molecule has 0 saturated carbocycles. The number of halogens is 1. The Morgan fingerprint density at radius 3 is 2.59 bits per heavy atom. The molecule has 1 amide bonds. The van der Waals surface area contributed by atoms with E-state index in [1.807, 2.05) is 30.3 Å². The van der Waals surface area contributed by atoms with E-state index in [0.29, 0.717) is 10.2 Å². The van der Waals surface area contributed by atoms with E-state index in [2.05, 4.69) is 21.2 Å². The van der Waals surface area contributed by atoms with Gasteiger partial charge in [-0.25, -0.2) is 4.79 Å². The summed E-state index contributed by atoms with van der Waals surface area (Å²) >= 11 is 3.24. The standard InChI is InChI=1S/C15H14BrNO5/c16-11-6-7-21-14(11)12(8-13(18)19)17-15(20)22-9-10-4-2-1-3-5-10/h1-7,12H,8-9H2,(H,17,20)(H,18,19)/t12-/m0/s1. The first-order valence-corrected chi connectivity index (χ1v) is 7.27. The van der Waals surface area contributed by atoms with Gasteiger partial charge in [0.15, 0.2) is 0 Å². The molecule has 0 saturated heterocycles. The molecule has 0 fully saturated rings. The zero-order chi connectivity index (χ0) is 15.9. The van der Waals surface area contributed by atoms with E-state index in [0.717, 1.165) is 5.56 Å². The summed E-state index contributed by atoms with van der Waals surface area (Å²) in [6.45, 7) is 0.103. The molecule has 2 rings (SSSR count). The van der Waals surface area contributed by atoms with Crippen molar-refractivity contribution in [3.05, 3.63) is 58.5 Å². The summed E-state index contributed by atoms with van der Waals surface area (Å²) < 4.78 is 10.9. The summed E-state index contributed by atoms with van der Waals surface area (Å²) in [6, 6.07) is 10.00. The molecule has 0 spiro atoms. The van der Waals surface area contributed by atoms with Gasteiger partial charge in [-0.1, -0.05) is 30.3 Å². The third-order valence-electron chi connectivity index (χ3n) is 2.84. The van der Waals surface area contributed by atoms with Crippen molar-refractivity contribution in [1.29, 1.82) is 0 Å². The Hall–Kier alpha value is -2.28. The predicted octanol–water partition coefficient (Wildman–Crippen LogP) is 3.48. The molecule has 22 heavy (non-hydrogen) atoms. The van der Waals surface area contributed by atoms with Gasteiger partial charge in [0.1, 0.15) is 18.4 Å². The molecule has 2 aromatic rings. The van der Waals surface area contributed by atoms with Crippen LogP contribution in [0.25, 0.3) is 0 Å². The lowest BCUT2D eigenvalue weighted by Gasteiger charge is -2.15. The summed E-state index contributed by atoms with van der Waals surface area (Å²) in [5, 5.41) is 11.4. The lowest BCUT2D eigenvalue weighted by atomic mass is 10.1. The molecule has 6 nitrogen and oxygen atoms in total. The minimum absolute atomic E-state index is 0.103. The van der Waals surface area contributed by atoms with Gasteiger partial charge in [-0.2, -0.15) is 0 Å². The van der Waals surface area contributed by atoms with E-state index in [1.54, 1.807) is 6.07 Å². The number of rotatable bonds is 6. The highest BCUT2D eigenvalue weighted by molar-refractivity contribution is 9.10. The van der Waals surface area contributed by atoms with E-state index in [-0.39, 0.29) is 13.0 Å². The quantitative estimate of drug-likeness (QED) is 0.815. The number of carboxylic acids is 1. The normalized spacial score (nSPS) is 11.7. The molecule has 1 aromatic carbocycles. The molecule has 0 radical (unpaired) electrons. The number of carbonyl (C=O) groups is 2. The number of carbonyl (C=O) groups excluding carboxylic acids is 1. The first-order chi connectivity index (χ1) is 10.6. The van der Waals surface area contributed by atoms with Crippen molar-refractivity contribution in [3.63, 3.8) is 0 Å². The number of benzene rings is 1. The van der Waals surface area contributed by atoms with Crippen molar-refractivity contribution in [1.82, 2.24) is 5.32 Å². The fourth-order valence-electron chi connectivity index (χ4n) is 1.85. The zero-order valence-corrected chi connectivity index (χ0v) is 13.1. The highest BCUT2D eigenvalue weighted by Crippen LogP contribution is 2.26. The van der Waals surface area contributed by atoms with Crippen molar-refractivity contribution < 1.29 is 23.8 Å². The molecule has 0 unspecified atom stereocenters. The molecule has 2 N–H and O–H groups in total. The van der Waals surface area contributed by atoms with Crippen molar-refractivity contribution in [3.8, 4) is 0 Å². The van der Waals surface area contributed by atoms with Crippen LogP contribution < -0.4 is 5.32 Å². The van der Waals surface area contributed by atoms with Crippen LogP contribution in [0.15, 0.2) is 51.6 Å². The highest BCUT2D eigenvalue weighted by atomic mass is 79.9. The minimum atomic E-state index is -1.06. The number of amides is 1. The maximum atomic E-state index is 11.8. The molecular weight excluding hydrogens is 354 g/mol. The van der Waals surface area contributed by atoms with Crippen molar-refractivity contribution >= 4 is 28.0 Å². The van der Waals surface area contributed by atoms with Crippen molar-refractivity contribution in [2.75, 3.05) is 0 Å². The van der Waals surface area contributed by atoms with E-state index < -0.39 is 18.1 Å². The molecule has 0 aliphatic carbocycles. The Morgan fingerprint density at radius 2 is 2.00 bits per heavy atom. The second-order valence-corrected chi connectivity index (χ2v) is 5.34. The Morgan fingerprint density at radius 1 is 1.27 bits per heavy atom. The number of furan rings is 1. The van der Waals surface area contributed by atoms with Gasteiger partial charge in [0, 0.05) is 0 Å². The van der Waals surface area contributed by atoms with E-state index >= 15 is 0 Å². The number of hydrogen-bond donors (Lipinski definition) is 2. The maximum absolute atomic E-state index is 11.8. The summed E-state index contributed by atoms with van der Waals surface area (Å²) in [5.74, 6) is -0.726. The van der Waals surface area contributed by atoms with Crippen LogP contribution in [-0.2, 0) is 16.1 Å². The second kappa shape index (κ2) is 7.65. The summed E-state index contributed by atoms with van der Waals surface area (Å²) in [7, 11) is 0. The number of nitrogens with one attached hydrogen (secondary N) is 1. The lowest BCUT2D eigenvalue weighted by molar-refractivity contribution is -0.137. The van der Waals surface area contributed by atoms with E-state index in [9.17, 15) is 9.59 Å². The minimum Gasteiger partial charge on any atom is -0.481 e. The topological polar surface area (TPSA) is 88.8 Å². The first-order valence-electron chi connectivity index (χ1n) is 6.48. The van der Waals surface area contributed by atoms with Crippen LogP contribution in [0.3, 0.4) is 0 Å². The van der Waals surface area contributed by atoms with Gasteiger partial charge in [-0.05, 0) is 27.6 Å². The van der Waals surface area contributed by atoms with Crippen molar-refractivity contribution in [2.24, 2.45) is 0 Å². The smallest absolute Gasteiger partial charge is 0.408 e. The predicted molar refractivity (Wildman–Crippen MR) is 81.2 cm³/mol. The average molecular weight is 368 g/mol. The SMILES string of the molecule is O=C(O)C[C@H](NC(=O)OCc1ccccc1)c1occc1Br. The largest absolute Gasteiger partial charge is 0.481 e. The summed E-state index contributed by atoms with van der Waals surface area (Å²) in [4.78, 5) is 22.8. The Bertz CT molecular complexity index is 640. The van der Waals surface area contributed by atoms with Crippen LogP contribution >= 0.6 is 15.9 Å². The fraction of sp³-hybridized carbons (Fsp3) is 0.200. The van der Waals surface area contributed by atoms with Gasteiger partial charge in [0.2, 0.25) is 0 Å². The molecule has 0 aliphatic rings. The monoisotopic (exact) mass is 367 g/mol. The average Bonchev–Trinajstić information content (AvgIpc) is 2.91. The highest BCUT2D eigenvalue weighted by Gasteiger charge is 2.23. The van der Waals surface area contributed by atoms with Crippen LogP contribution in [-0.4, -0.2) is 17.2 Å². The molecule has 0 bridgehead atoms. The number of alkyl carbamates (subject to hydrolysis) is 1. The Balaban J connectivity index is 1.96. The van der Waals surface area contributed by atoms with Gasteiger partial charge in [0.05, 0.1) is 17.2 Å². The van der Waals surface area contributed by atoms with Crippen molar-refractivity contribution in [2.45, 2.75) is 19.1 Å². The molecule has 0 aliphatic heterocycles. The lowest BCUT2D eigenvalue weighted by Crippen LogP contribution is -2.30. The summed E-state index contributed by atoms with van der Waals surface area (Å²) in [5.41, 5.74) is 0.839. The molecule has 1 atom stereocenters. The van der Waals surface area contributed by atoms with Crippen LogP contribution in [0.1, 0.15) is 23.8 Å². The Labute approximate surface area is 135 Å². The van der Waals surface area contributed by atoms with Crippen LogP contribution in [0.5, 0.6) is 0 Å². The second-order valence-electron chi connectivity index (χ2n) is 4.49.